The minimum Gasteiger partial charge on any atom is -0.324 e. The van der Waals surface area contributed by atoms with E-state index in [2.05, 4.69) is 55.5 Å². The van der Waals surface area contributed by atoms with E-state index in [0.717, 1.165) is 25.7 Å². The number of hydrogen-bond acceptors (Lipinski definition) is 2. The normalized spacial score (nSPS) is 13.7. The molecule has 2 aromatic carbocycles. The molecule has 0 aliphatic rings. The molecule has 0 fully saturated rings. The highest BCUT2D eigenvalue weighted by molar-refractivity contribution is 5.26. The summed E-state index contributed by atoms with van der Waals surface area (Å²) in [5.41, 5.74) is 16.4. The van der Waals surface area contributed by atoms with Crippen LogP contribution in [0.3, 0.4) is 0 Å². The van der Waals surface area contributed by atoms with Crippen molar-refractivity contribution in [3.63, 3.8) is 0 Å². The summed E-state index contributed by atoms with van der Waals surface area (Å²) in [4.78, 5) is 0. The highest BCUT2D eigenvalue weighted by atomic mass is 14.6. The second kappa shape index (κ2) is 9.49. The average molecular weight is 310 g/mol. The number of rotatable bonds is 9. The van der Waals surface area contributed by atoms with Crippen molar-refractivity contribution >= 4 is 0 Å². The fourth-order valence-corrected chi connectivity index (χ4v) is 2.96. The topological polar surface area (TPSA) is 52.0 Å². The second-order valence-corrected chi connectivity index (χ2v) is 6.40. The molecule has 0 radical (unpaired) electrons. The van der Waals surface area contributed by atoms with Gasteiger partial charge in [-0.05, 0) is 42.4 Å². The Morgan fingerprint density at radius 1 is 0.783 bits per heavy atom. The van der Waals surface area contributed by atoms with Crippen molar-refractivity contribution in [3.8, 4) is 0 Å². The molecule has 0 unspecified atom stereocenters. The maximum Gasteiger partial charge on any atom is 0.0294 e. The van der Waals surface area contributed by atoms with Gasteiger partial charge >= 0.3 is 0 Å². The molecule has 2 heteroatoms. The molecule has 0 saturated carbocycles. The summed E-state index contributed by atoms with van der Waals surface area (Å²) in [5, 5.41) is 0. The Bertz CT molecular complexity index is 565. The Labute approximate surface area is 140 Å². The lowest BCUT2D eigenvalue weighted by Crippen LogP contribution is -2.11. The summed E-state index contributed by atoms with van der Waals surface area (Å²) in [6.45, 7) is 2.21. The van der Waals surface area contributed by atoms with E-state index in [1.807, 2.05) is 6.07 Å². The minimum absolute atomic E-state index is 0.131. The molecule has 0 aliphatic carbocycles. The molecule has 124 valence electrons. The van der Waals surface area contributed by atoms with E-state index in [0.29, 0.717) is 0 Å². The van der Waals surface area contributed by atoms with E-state index in [1.54, 1.807) is 0 Å². The van der Waals surface area contributed by atoms with Gasteiger partial charge in [0.15, 0.2) is 0 Å². The van der Waals surface area contributed by atoms with E-state index in [1.165, 1.54) is 29.5 Å². The molecule has 0 aliphatic heterocycles. The Hall–Kier alpha value is -1.64. The van der Waals surface area contributed by atoms with Gasteiger partial charge in [0.25, 0.3) is 0 Å². The van der Waals surface area contributed by atoms with Crippen LogP contribution in [0, 0.1) is 0 Å². The molecule has 2 atom stereocenters. The van der Waals surface area contributed by atoms with E-state index in [4.69, 9.17) is 11.5 Å². The molecule has 0 saturated heterocycles. The molecule has 2 aromatic rings. The number of aryl methyl sites for hydroxylation is 1. The molecule has 2 nitrogen and oxygen atoms in total. The Balaban J connectivity index is 1.84. The molecular formula is C21H30N2. The van der Waals surface area contributed by atoms with Gasteiger partial charge in [-0.2, -0.15) is 0 Å². The lowest BCUT2D eigenvalue weighted by Gasteiger charge is -2.14. The molecule has 4 N–H and O–H groups in total. The smallest absolute Gasteiger partial charge is 0.0294 e. The maximum absolute atomic E-state index is 6.28. The molecule has 2 rings (SSSR count). The minimum atomic E-state index is 0.131. The van der Waals surface area contributed by atoms with Gasteiger partial charge in [-0.1, -0.05) is 74.4 Å². The van der Waals surface area contributed by atoms with Crippen molar-refractivity contribution in [1.29, 1.82) is 0 Å². The van der Waals surface area contributed by atoms with Crippen molar-refractivity contribution in [1.82, 2.24) is 0 Å². The first-order chi connectivity index (χ1) is 11.2. The second-order valence-electron chi connectivity index (χ2n) is 6.40. The van der Waals surface area contributed by atoms with Gasteiger partial charge in [-0.25, -0.2) is 0 Å². The van der Waals surface area contributed by atoms with Crippen LogP contribution in [0.4, 0.5) is 0 Å². The molecule has 23 heavy (non-hydrogen) atoms. The summed E-state index contributed by atoms with van der Waals surface area (Å²) in [6.07, 6.45) is 6.63. The summed E-state index contributed by atoms with van der Waals surface area (Å²) in [5.74, 6) is 0. The van der Waals surface area contributed by atoms with Crippen molar-refractivity contribution in [2.45, 2.75) is 57.5 Å². The summed E-state index contributed by atoms with van der Waals surface area (Å²) < 4.78 is 0. The Kier molecular flexibility index (Phi) is 7.31. The molecule has 0 heterocycles. The SMILES string of the molecule is CCCC[C@@H](N)c1cccc(CCC[C@@H](N)c2ccccc2)c1. The zero-order chi connectivity index (χ0) is 16.5. The van der Waals surface area contributed by atoms with Crippen LogP contribution in [0.25, 0.3) is 0 Å². The van der Waals surface area contributed by atoms with Crippen LogP contribution in [0.15, 0.2) is 54.6 Å². The van der Waals surface area contributed by atoms with Crippen LogP contribution in [-0.2, 0) is 6.42 Å². The van der Waals surface area contributed by atoms with Crippen LogP contribution in [0.1, 0.15) is 67.8 Å². The largest absolute Gasteiger partial charge is 0.324 e. The predicted octanol–water partition coefficient (Wildman–Crippen LogP) is 4.90. The fourth-order valence-electron chi connectivity index (χ4n) is 2.96. The van der Waals surface area contributed by atoms with E-state index >= 15 is 0 Å². The lowest BCUT2D eigenvalue weighted by atomic mass is 9.96. The number of hydrogen-bond donors (Lipinski definition) is 2. The number of benzene rings is 2. The highest BCUT2D eigenvalue weighted by Gasteiger charge is 2.08. The molecule has 0 bridgehead atoms. The highest BCUT2D eigenvalue weighted by Crippen LogP contribution is 2.20. The van der Waals surface area contributed by atoms with Crippen LogP contribution in [0.2, 0.25) is 0 Å². The quantitative estimate of drug-likeness (QED) is 0.692. The first-order valence-corrected chi connectivity index (χ1v) is 8.85. The number of nitrogens with two attached hydrogens (primary N) is 2. The standard InChI is InChI=1S/C21H30N2/c1-2-3-14-21(23)19-13-7-9-17(16-19)10-8-15-20(22)18-11-5-4-6-12-18/h4-7,9,11-13,16,20-21H,2-3,8,10,14-15,22-23H2,1H3/t20-,21-/m1/s1. The predicted molar refractivity (Wildman–Crippen MR) is 99.2 cm³/mol. The monoisotopic (exact) mass is 310 g/mol. The van der Waals surface area contributed by atoms with Crippen molar-refractivity contribution in [2.24, 2.45) is 11.5 Å². The van der Waals surface area contributed by atoms with Gasteiger partial charge < -0.3 is 11.5 Å². The Morgan fingerprint density at radius 2 is 1.43 bits per heavy atom. The van der Waals surface area contributed by atoms with Crippen molar-refractivity contribution in [2.75, 3.05) is 0 Å². The van der Waals surface area contributed by atoms with Crippen molar-refractivity contribution < 1.29 is 0 Å². The van der Waals surface area contributed by atoms with Gasteiger partial charge in [0, 0.05) is 12.1 Å². The van der Waals surface area contributed by atoms with Crippen LogP contribution in [-0.4, -0.2) is 0 Å². The van der Waals surface area contributed by atoms with E-state index in [-0.39, 0.29) is 12.1 Å². The van der Waals surface area contributed by atoms with E-state index in [9.17, 15) is 0 Å². The van der Waals surface area contributed by atoms with Gasteiger partial charge in [0.05, 0.1) is 0 Å². The maximum atomic E-state index is 6.28. The number of unbranched alkanes of at least 4 members (excludes halogenated alkanes) is 1. The van der Waals surface area contributed by atoms with Crippen LogP contribution >= 0.6 is 0 Å². The van der Waals surface area contributed by atoms with Crippen molar-refractivity contribution in [3.05, 3.63) is 71.3 Å². The van der Waals surface area contributed by atoms with Gasteiger partial charge in [-0.3, -0.25) is 0 Å². The zero-order valence-corrected chi connectivity index (χ0v) is 14.2. The fraction of sp³-hybridized carbons (Fsp3) is 0.429. The summed E-state index contributed by atoms with van der Waals surface area (Å²) in [6, 6.07) is 19.4. The van der Waals surface area contributed by atoms with Gasteiger partial charge in [0.1, 0.15) is 0 Å². The first-order valence-electron chi connectivity index (χ1n) is 8.85. The average Bonchev–Trinajstić information content (AvgIpc) is 2.60. The zero-order valence-electron chi connectivity index (χ0n) is 14.2. The van der Waals surface area contributed by atoms with Gasteiger partial charge in [0.2, 0.25) is 0 Å². The third-order valence-electron chi connectivity index (χ3n) is 4.46. The molecule has 0 aromatic heterocycles. The van der Waals surface area contributed by atoms with Crippen LogP contribution in [0.5, 0.6) is 0 Å². The first kappa shape index (κ1) is 17.7. The van der Waals surface area contributed by atoms with Gasteiger partial charge in [-0.15, -0.1) is 0 Å². The molecular weight excluding hydrogens is 280 g/mol. The summed E-state index contributed by atoms with van der Waals surface area (Å²) >= 11 is 0. The van der Waals surface area contributed by atoms with Crippen LogP contribution < -0.4 is 11.5 Å². The Morgan fingerprint density at radius 3 is 2.17 bits per heavy atom. The molecule has 0 amide bonds. The third kappa shape index (κ3) is 5.81. The third-order valence-corrected chi connectivity index (χ3v) is 4.46. The lowest BCUT2D eigenvalue weighted by molar-refractivity contribution is 0.599. The molecule has 0 spiro atoms. The summed E-state index contributed by atoms with van der Waals surface area (Å²) in [7, 11) is 0. The van der Waals surface area contributed by atoms with E-state index < -0.39 is 0 Å².